The van der Waals surface area contributed by atoms with E-state index < -0.39 is 93.7 Å². The summed E-state index contributed by atoms with van der Waals surface area (Å²) in [5, 5.41) is 4.99. The molecule has 1 aliphatic heterocycles. The Hall–Kier alpha value is -4.15. The van der Waals surface area contributed by atoms with Gasteiger partial charge in [-0.15, -0.1) is 0 Å². The number of nitrogens with one attached hydrogen (secondary N) is 3. The van der Waals surface area contributed by atoms with Gasteiger partial charge in [-0.3, -0.25) is 33.0 Å². The van der Waals surface area contributed by atoms with Crippen LogP contribution in [0.25, 0.3) is 0 Å². The largest absolute Gasteiger partial charge is 0.462 e. The van der Waals surface area contributed by atoms with Gasteiger partial charge in [0.15, 0.2) is 11.9 Å². The van der Waals surface area contributed by atoms with Crippen molar-refractivity contribution in [3.05, 3.63) is 93.8 Å². The van der Waals surface area contributed by atoms with E-state index >= 15 is 4.39 Å². The van der Waals surface area contributed by atoms with Crippen LogP contribution in [0.3, 0.4) is 0 Å². The molecule has 0 bridgehead atoms. The Morgan fingerprint density at radius 1 is 0.833 bits per heavy atom. The molecule has 2 aromatic carbocycles. The second-order valence-corrected chi connectivity index (χ2v) is 16.3. The molecule has 1 aromatic heterocycles. The number of para-hydroxylation sites is 2. The Labute approximate surface area is 311 Å². The predicted octanol–water partition coefficient (Wildman–Crippen LogP) is 4.80. The van der Waals surface area contributed by atoms with Gasteiger partial charge >= 0.3 is 33.1 Å². The van der Waals surface area contributed by atoms with Crippen LogP contribution in [-0.2, 0) is 42.0 Å². The number of aromatic nitrogens is 2. The van der Waals surface area contributed by atoms with Crippen LogP contribution in [-0.4, -0.2) is 70.3 Å². The molecule has 3 N–H and O–H groups in total. The first-order valence-corrected chi connectivity index (χ1v) is 20.0. The van der Waals surface area contributed by atoms with Crippen molar-refractivity contribution >= 4 is 27.4 Å². The third-order valence-electron chi connectivity index (χ3n) is 7.50. The number of rotatable bonds is 18. The molecule has 3 aromatic rings. The van der Waals surface area contributed by atoms with Gasteiger partial charge in [-0.05, 0) is 72.7 Å². The number of hydrogen-bond donors (Lipinski definition) is 3. The molecule has 0 radical (unpaired) electrons. The summed E-state index contributed by atoms with van der Waals surface area (Å²) >= 11 is 0. The lowest BCUT2D eigenvalue weighted by atomic mass is 9.98. The van der Waals surface area contributed by atoms with E-state index in [-0.39, 0.29) is 11.5 Å². The smallest absolute Gasteiger partial charge is 0.459 e. The van der Waals surface area contributed by atoms with E-state index in [1.165, 1.54) is 38.1 Å². The third-order valence-corrected chi connectivity index (χ3v) is 10.8. The molecule has 0 aliphatic carbocycles. The number of H-pyrrole nitrogens is 1. The van der Waals surface area contributed by atoms with Gasteiger partial charge in [0.05, 0.1) is 18.8 Å². The van der Waals surface area contributed by atoms with Crippen molar-refractivity contribution < 1.29 is 55.4 Å². The average molecular weight is 799 g/mol. The van der Waals surface area contributed by atoms with Crippen LogP contribution in [0.4, 0.5) is 4.39 Å². The van der Waals surface area contributed by atoms with E-state index in [9.17, 15) is 28.3 Å². The summed E-state index contributed by atoms with van der Waals surface area (Å²) in [6.07, 6.45) is -5.57. The topological polar surface area (TPSA) is 212 Å². The number of carbonyl (C=O) groups is 2. The van der Waals surface area contributed by atoms with Crippen LogP contribution in [0.2, 0.25) is 0 Å². The first-order valence-electron chi connectivity index (χ1n) is 17.0. The standard InChI is InChI=1S/C34H45FN4O13P2/c1-21(2)47-30(41)23(5)37-53(44,50-25-14-10-8-11-15-25)46-20-27-29(34(7,35)32(49-27)39-19-18-28(40)36-33(39)43)52-54(45,51-26-16-12-9-13-17-26)38-24(6)31(42)48-22(3)4/h8-19,21-24,27,29,32H,20H2,1-7H3,(H,37,44)(H,38,45)(H,36,40,43)/t23-,24-,27+,29+,32+,34+,53-,54?/m0/s1. The molecule has 2 heterocycles. The zero-order valence-electron chi connectivity index (χ0n) is 30.7. The highest BCUT2D eigenvalue weighted by molar-refractivity contribution is 7.52. The van der Waals surface area contributed by atoms with Crippen molar-refractivity contribution in [2.75, 3.05) is 6.61 Å². The van der Waals surface area contributed by atoms with Crippen molar-refractivity contribution in [1.82, 2.24) is 19.7 Å². The summed E-state index contributed by atoms with van der Waals surface area (Å²) in [5.41, 5.74) is -4.62. The Balaban J connectivity index is 1.74. The number of alkyl halides is 1. The summed E-state index contributed by atoms with van der Waals surface area (Å²) in [7, 11) is -9.40. The lowest BCUT2D eigenvalue weighted by Gasteiger charge is -2.32. The SMILES string of the molecule is CC(C)OC(=O)[C@H](C)NP(=O)(Oc1ccccc1)O[C@@H]1[C@@H](CO[P@@](=O)(N[C@@H](C)C(=O)OC(C)C)Oc2ccccc2)O[C@@H](n2ccc(=O)[nH]c2=O)[C@]1(C)F. The molecule has 0 saturated carbocycles. The lowest BCUT2D eigenvalue weighted by Crippen LogP contribution is -2.46. The Bertz CT molecular complexity index is 1940. The summed E-state index contributed by atoms with van der Waals surface area (Å²) < 4.78 is 86.4. The quantitative estimate of drug-likeness (QED) is 0.117. The second-order valence-electron chi connectivity index (χ2n) is 13.0. The third kappa shape index (κ3) is 11.4. The van der Waals surface area contributed by atoms with Crippen LogP contribution >= 0.6 is 15.5 Å². The van der Waals surface area contributed by atoms with Crippen LogP contribution in [0.15, 0.2) is 82.5 Å². The predicted molar refractivity (Wildman–Crippen MR) is 193 cm³/mol. The molecule has 1 aliphatic rings. The van der Waals surface area contributed by atoms with Gasteiger partial charge in [0.1, 0.15) is 35.8 Å². The maximum atomic E-state index is 17.3. The lowest BCUT2D eigenvalue weighted by molar-refractivity contribution is -0.150. The van der Waals surface area contributed by atoms with Crippen LogP contribution in [0.5, 0.6) is 11.5 Å². The van der Waals surface area contributed by atoms with Gasteiger partial charge in [0, 0.05) is 12.3 Å². The molecule has 0 amide bonds. The maximum absolute atomic E-state index is 17.3. The highest BCUT2D eigenvalue weighted by Crippen LogP contribution is 2.54. The highest BCUT2D eigenvalue weighted by atomic mass is 31.2. The van der Waals surface area contributed by atoms with Gasteiger partial charge in [0.25, 0.3) is 5.56 Å². The number of aromatic amines is 1. The monoisotopic (exact) mass is 798 g/mol. The number of nitrogens with zero attached hydrogens (tertiary/aromatic N) is 1. The number of hydrogen-bond acceptors (Lipinski definition) is 13. The van der Waals surface area contributed by atoms with Crippen molar-refractivity contribution in [2.45, 2.75) is 96.9 Å². The van der Waals surface area contributed by atoms with E-state index in [0.29, 0.717) is 0 Å². The molecule has 17 nitrogen and oxygen atoms in total. The first kappa shape index (κ1) is 42.6. The molecular weight excluding hydrogens is 753 g/mol. The summed E-state index contributed by atoms with van der Waals surface area (Å²) in [6.45, 7) is 9.30. The van der Waals surface area contributed by atoms with E-state index in [1.807, 2.05) is 4.98 Å². The van der Waals surface area contributed by atoms with Gasteiger partial charge in [-0.2, -0.15) is 10.2 Å². The van der Waals surface area contributed by atoms with E-state index in [1.54, 1.807) is 64.1 Å². The Kier molecular flexibility index (Phi) is 14.2. The molecular formula is C34H45FN4O13P2. The van der Waals surface area contributed by atoms with Gasteiger partial charge in [-0.1, -0.05) is 36.4 Å². The van der Waals surface area contributed by atoms with Crippen LogP contribution < -0.4 is 30.5 Å². The molecule has 1 saturated heterocycles. The van der Waals surface area contributed by atoms with Crippen molar-refractivity contribution in [2.24, 2.45) is 0 Å². The fourth-order valence-electron chi connectivity index (χ4n) is 5.10. The first-order chi connectivity index (χ1) is 25.3. The Morgan fingerprint density at radius 3 is 1.80 bits per heavy atom. The van der Waals surface area contributed by atoms with Gasteiger partial charge in [-0.25, -0.2) is 18.3 Å². The zero-order chi connectivity index (χ0) is 39.8. The molecule has 54 heavy (non-hydrogen) atoms. The van der Waals surface area contributed by atoms with Crippen molar-refractivity contribution in [1.29, 1.82) is 0 Å². The number of carbonyl (C=O) groups excluding carboxylic acids is 2. The molecule has 4 rings (SSSR count). The second kappa shape index (κ2) is 18.0. The van der Waals surface area contributed by atoms with Gasteiger partial charge in [0.2, 0.25) is 0 Å². The fraction of sp³-hybridized carbons (Fsp3) is 0.471. The van der Waals surface area contributed by atoms with Crippen LogP contribution in [0, 0.1) is 0 Å². The zero-order valence-corrected chi connectivity index (χ0v) is 32.5. The van der Waals surface area contributed by atoms with Crippen molar-refractivity contribution in [3.8, 4) is 11.5 Å². The van der Waals surface area contributed by atoms with E-state index in [4.69, 9.17) is 32.3 Å². The molecule has 20 heteroatoms. The normalized spacial score (nSPS) is 23.2. The number of esters is 2. The minimum Gasteiger partial charge on any atom is -0.462 e. The number of halogens is 1. The average Bonchev–Trinajstić information content (AvgIpc) is 3.32. The Morgan fingerprint density at radius 2 is 1.31 bits per heavy atom. The summed E-state index contributed by atoms with van der Waals surface area (Å²) in [5.74, 6) is -1.54. The maximum Gasteiger partial charge on any atom is 0.459 e. The molecule has 1 fully saturated rings. The van der Waals surface area contributed by atoms with Crippen LogP contribution in [0.1, 0.15) is 54.7 Å². The molecule has 0 spiro atoms. The van der Waals surface area contributed by atoms with E-state index in [0.717, 1.165) is 23.8 Å². The number of benzene rings is 2. The summed E-state index contributed by atoms with van der Waals surface area (Å²) in [4.78, 5) is 52.2. The van der Waals surface area contributed by atoms with Crippen molar-refractivity contribution in [3.63, 3.8) is 0 Å². The fourth-order valence-corrected chi connectivity index (χ4v) is 8.38. The van der Waals surface area contributed by atoms with Gasteiger partial charge < -0.3 is 23.3 Å². The number of ether oxygens (including phenoxy) is 3. The van der Waals surface area contributed by atoms with E-state index in [2.05, 4.69) is 10.2 Å². The summed E-state index contributed by atoms with van der Waals surface area (Å²) in [6, 6.07) is 13.9. The molecule has 8 atom stereocenters. The minimum atomic E-state index is -4.82. The molecule has 296 valence electrons. The molecule has 1 unspecified atom stereocenters. The minimum absolute atomic E-state index is 0.00525. The highest BCUT2D eigenvalue weighted by Gasteiger charge is 2.60.